The Hall–Kier alpha value is -4.87. The molecule has 1 unspecified atom stereocenters. The summed E-state index contributed by atoms with van der Waals surface area (Å²) in [6, 6.07) is 12.7. The first-order valence-electron chi connectivity index (χ1n) is 11.5. The molecule has 3 heterocycles. The Morgan fingerprint density at radius 1 is 1.08 bits per heavy atom. The first kappa shape index (κ1) is 24.8. The van der Waals surface area contributed by atoms with E-state index in [-0.39, 0.29) is 28.3 Å². The second kappa shape index (κ2) is 9.21. The summed E-state index contributed by atoms with van der Waals surface area (Å²) >= 11 is 0. The molecule has 5 rings (SSSR count). The summed E-state index contributed by atoms with van der Waals surface area (Å²) in [5, 5.41) is 17.8. The number of benzene rings is 2. The van der Waals surface area contributed by atoms with Crippen LogP contribution in [0.25, 0.3) is 22.3 Å². The third kappa shape index (κ3) is 4.40. The highest BCUT2D eigenvalue weighted by atomic mass is 19.4. The maximum absolute atomic E-state index is 13.6. The molecule has 0 saturated carbocycles. The number of aromatic hydroxyl groups is 1. The molecule has 2 aromatic carbocycles. The van der Waals surface area contributed by atoms with Crippen LogP contribution in [0.5, 0.6) is 5.75 Å². The molecule has 0 saturated heterocycles. The van der Waals surface area contributed by atoms with E-state index in [0.29, 0.717) is 23.1 Å². The van der Waals surface area contributed by atoms with Crippen molar-refractivity contribution in [1.29, 1.82) is 0 Å². The van der Waals surface area contributed by atoms with Gasteiger partial charge in [0.25, 0.3) is 5.56 Å². The maximum Gasteiger partial charge on any atom is 0.416 e. The van der Waals surface area contributed by atoms with Gasteiger partial charge in [-0.15, -0.1) is 0 Å². The highest BCUT2D eigenvalue weighted by Crippen LogP contribution is 2.39. The molecule has 0 amide bonds. The van der Waals surface area contributed by atoms with Crippen LogP contribution in [0.1, 0.15) is 29.9 Å². The third-order valence-corrected chi connectivity index (χ3v) is 6.08. The molecule has 0 radical (unpaired) electrons. The Bertz CT molecular complexity index is 1710. The van der Waals surface area contributed by atoms with Crippen molar-refractivity contribution in [2.75, 3.05) is 11.1 Å². The summed E-state index contributed by atoms with van der Waals surface area (Å²) in [4.78, 5) is 21.7. The van der Waals surface area contributed by atoms with E-state index in [1.165, 1.54) is 9.08 Å². The van der Waals surface area contributed by atoms with Crippen molar-refractivity contribution in [3.8, 4) is 22.6 Å². The quantitative estimate of drug-likeness (QED) is 0.306. The van der Waals surface area contributed by atoms with Gasteiger partial charge in [0, 0.05) is 6.20 Å². The summed E-state index contributed by atoms with van der Waals surface area (Å²) in [6.07, 6.45) is -1.85. The number of rotatable bonds is 5. The molecule has 1 atom stereocenters. The van der Waals surface area contributed by atoms with Crippen molar-refractivity contribution < 1.29 is 18.3 Å². The van der Waals surface area contributed by atoms with E-state index in [1.807, 2.05) is 13.0 Å². The molecule has 0 bridgehead atoms. The van der Waals surface area contributed by atoms with Gasteiger partial charge in [-0.1, -0.05) is 18.2 Å². The molecular weight excluding hydrogens is 499 g/mol. The normalized spacial score (nSPS) is 12.6. The van der Waals surface area contributed by atoms with Gasteiger partial charge < -0.3 is 16.2 Å². The molecule has 4 N–H and O–H groups in total. The lowest BCUT2D eigenvalue weighted by molar-refractivity contribution is -0.137. The van der Waals surface area contributed by atoms with Gasteiger partial charge in [-0.25, -0.2) is 14.5 Å². The molecule has 0 aliphatic rings. The Kier molecular flexibility index (Phi) is 6.02. The van der Waals surface area contributed by atoms with Crippen molar-refractivity contribution in [2.45, 2.75) is 26.1 Å². The molecule has 194 valence electrons. The van der Waals surface area contributed by atoms with Crippen molar-refractivity contribution in [1.82, 2.24) is 24.1 Å². The average molecular weight is 522 g/mol. The number of para-hydroxylation sites is 1. The van der Waals surface area contributed by atoms with Gasteiger partial charge in [-0.2, -0.15) is 18.3 Å². The van der Waals surface area contributed by atoms with E-state index in [9.17, 15) is 23.1 Å². The zero-order chi connectivity index (χ0) is 27.2. The number of aromatic nitrogens is 5. The average Bonchev–Trinajstić information content (AvgIpc) is 3.24. The zero-order valence-corrected chi connectivity index (χ0v) is 20.2. The number of anilines is 2. The van der Waals surface area contributed by atoms with Gasteiger partial charge in [0.2, 0.25) is 0 Å². The molecule has 9 nitrogen and oxygen atoms in total. The monoisotopic (exact) mass is 521 g/mol. The molecule has 0 fully saturated rings. The van der Waals surface area contributed by atoms with E-state index in [1.54, 1.807) is 43.5 Å². The number of hydrogen-bond donors (Lipinski definition) is 3. The van der Waals surface area contributed by atoms with Gasteiger partial charge in [-0.3, -0.25) is 9.36 Å². The fraction of sp³-hybridized carbons (Fsp3) is 0.154. The number of aryl methyl sites for hydroxylation is 1. The number of alkyl halides is 3. The number of nitrogens with two attached hydrogens (primary N) is 1. The molecule has 38 heavy (non-hydrogen) atoms. The summed E-state index contributed by atoms with van der Waals surface area (Å²) in [5.41, 5.74) is 6.52. The van der Waals surface area contributed by atoms with E-state index in [0.717, 1.165) is 24.0 Å². The van der Waals surface area contributed by atoms with Crippen molar-refractivity contribution in [3.63, 3.8) is 0 Å². The van der Waals surface area contributed by atoms with E-state index >= 15 is 0 Å². The van der Waals surface area contributed by atoms with Gasteiger partial charge in [0.1, 0.15) is 29.2 Å². The largest absolute Gasteiger partial charge is 0.508 e. The summed E-state index contributed by atoms with van der Waals surface area (Å²) < 4.78 is 43.3. The highest BCUT2D eigenvalue weighted by molar-refractivity contribution is 5.84. The number of nitrogens with zero attached hydrogens (tertiary/aromatic N) is 5. The molecule has 0 aliphatic carbocycles. The lowest BCUT2D eigenvalue weighted by Gasteiger charge is -2.21. The Morgan fingerprint density at radius 2 is 1.82 bits per heavy atom. The smallest absolute Gasteiger partial charge is 0.416 e. The predicted molar refractivity (Wildman–Crippen MR) is 136 cm³/mol. The summed E-state index contributed by atoms with van der Waals surface area (Å²) in [5.74, 6) is -0.274. The van der Waals surface area contributed by atoms with Crippen LogP contribution in [0.2, 0.25) is 0 Å². The van der Waals surface area contributed by atoms with E-state index < -0.39 is 23.5 Å². The van der Waals surface area contributed by atoms with Crippen molar-refractivity contribution >= 4 is 17.2 Å². The fourth-order valence-electron chi connectivity index (χ4n) is 4.32. The van der Waals surface area contributed by atoms with E-state index in [4.69, 9.17) is 5.73 Å². The Morgan fingerprint density at radius 3 is 2.53 bits per heavy atom. The number of phenols is 1. The molecular formula is C26H22F3N7O2. The second-order valence-electron chi connectivity index (χ2n) is 8.74. The molecule has 12 heteroatoms. The zero-order valence-electron chi connectivity index (χ0n) is 20.2. The first-order valence-corrected chi connectivity index (χ1v) is 11.5. The highest BCUT2D eigenvalue weighted by Gasteiger charge is 2.32. The van der Waals surface area contributed by atoms with Gasteiger partial charge in [0.15, 0.2) is 5.82 Å². The minimum absolute atomic E-state index is 0.0324. The molecule has 5 aromatic rings. The van der Waals surface area contributed by atoms with Gasteiger partial charge >= 0.3 is 6.18 Å². The number of hydrogen-bond acceptors (Lipinski definition) is 7. The molecule has 0 aliphatic heterocycles. The lowest BCUT2D eigenvalue weighted by Crippen LogP contribution is -2.29. The van der Waals surface area contributed by atoms with Crippen LogP contribution in [0.4, 0.5) is 24.8 Å². The fourth-order valence-corrected chi connectivity index (χ4v) is 4.32. The van der Waals surface area contributed by atoms with Gasteiger partial charge in [0.05, 0.1) is 22.9 Å². The lowest BCUT2D eigenvalue weighted by atomic mass is 10.0. The van der Waals surface area contributed by atoms with Crippen molar-refractivity contribution in [3.05, 3.63) is 94.4 Å². The van der Waals surface area contributed by atoms with Crippen LogP contribution in [0.3, 0.4) is 0 Å². The summed E-state index contributed by atoms with van der Waals surface area (Å²) in [7, 11) is 0. The first-order chi connectivity index (χ1) is 18.0. The van der Waals surface area contributed by atoms with Crippen LogP contribution in [-0.4, -0.2) is 29.3 Å². The van der Waals surface area contributed by atoms with Crippen molar-refractivity contribution in [2.24, 2.45) is 0 Å². The SMILES string of the molecule is Cc1ccn2nc(C(C)Nc3ncnc(N)c3-c3cc(O)cc(C(F)(F)F)c3)n(-c3ccccc3)c(=O)c12. The Labute approximate surface area is 214 Å². The van der Waals surface area contributed by atoms with Crippen LogP contribution in [0.15, 0.2) is 71.9 Å². The standard InChI is InChI=1S/C26H22F3N7O2/c1-14-8-9-35-21(14)25(38)36(18-6-4-3-5-7-18)24(34-35)15(2)33-23-20(22(30)31-13-32-23)16-10-17(26(27,28)29)12-19(37)11-16/h3-13,15,37H,1-2H3,(H3,30,31,32,33). The Balaban J connectivity index is 1.65. The number of halogens is 3. The second-order valence-corrected chi connectivity index (χ2v) is 8.74. The molecule has 0 spiro atoms. The van der Waals surface area contributed by atoms with Crippen LogP contribution in [0, 0.1) is 6.92 Å². The van der Waals surface area contributed by atoms with Crippen LogP contribution in [-0.2, 0) is 6.18 Å². The molecule has 3 aromatic heterocycles. The van der Waals surface area contributed by atoms with Crippen LogP contribution >= 0.6 is 0 Å². The van der Waals surface area contributed by atoms with Crippen LogP contribution < -0.4 is 16.6 Å². The minimum atomic E-state index is -4.70. The predicted octanol–water partition coefficient (Wildman–Crippen LogP) is 4.73. The number of nitrogen functional groups attached to an aromatic ring is 1. The van der Waals surface area contributed by atoms with E-state index in [2.05, 4.69) is 20.4 Å². The number of phenolic OH excluding ortho intramolecular Hbond substituents is 1. The third-order valence-electron chi connectivity index (χ3n) is 6.08. The van der Waals surface area contributed by atoms with Gasteiger partial charge in [-0.05, 0) is 61.4 Å². The topological polar surface area (TPSA) is 123 Å². The number of fused-ring (bicyclic) bond motifs is 1. The summed E-state index contributed by atoms with van der Waals surface area (Å²) in [6.45, 7) is 3.55. The minimum Gasteiger partial charge on any atom is -0.508 e. The maximum atomic E-state index is 13.6. The number of nitrogens with one attached hydrogen (secondary N) is 1.